The van der Waals surface area contributed by atoms with E-state index in [-0.39, 0.29) is 33.0 Å². The van der Waals surface area contributed by atoms with Crippen LogP contribution in [-0.4, -0.2) is 49.9 Å². The summed E-state index contributed by atoms with van der Waals surface area (Å²) in [6.45, 7) is 0.823. The Kier molecular flexibility index (Phi) is 34.0. The summed E-state index contributed by atoms with van der Waals surface area (Å²) in [5, 5.41) is 23.8. The zero-order valence-electron chi connectivity index (χ0n) is 11.0. The summed E-state index contributed by atoms with van der Waals surface area (Å²) in [6.07, 6.45) is 0. The van der Waals surface area contributed by atoms with Crippen molar-refractivity contribution in [1.82, 2.24) is 0 Å². The molecule has 0 bridgehead atoms. The van der Waals surface area contributed by atoms with Gasteiger partial charge in [-0.05, 0) is 16.6 Å². The van der Waals surface area contributed by atoms with E-state index in [2.05, 4.69) is 45.0 Å². The fourth-order valence-corrected chi connectivity index (χ4v) is 0.353. The van der Waals surface area contributed by atoms with Gasteiger partial charge in [-0.25, -0.2) is 4.89 Å². The van der Waals surface area contributed by atoms with E-state index < -0.39 is 0 Å². The van der Waals surface area contributed by atoms with Crippen LogP contribution in [0.15, 0.2) is 15.7 Å². The Hall–Kier alpha value is -2.63. The van der Waals surface area contributed by atoms with E-state index in [1.165, 1.54) is 0 Å². The molecule has 0 aromatic carbocycles. The Labute approximate surface area is 118 Å². The van der Waals surface area contributed by atoms with E-state index in [4.69, 9.17) is 32.7 Å². The average molecular weight is 308 g/mol. The van der Waals surface area contributed by atoms with Crippen LogP contribution in [0.2, 0.25) is 0 Å². The van der Waals surface area contributed by atoms with Gasteiger partial charge in [-0.2, -0.15) is 0 Å². The third-order valence-corrected chi connectivity index (χ3v) is 0.926. The number of rotatable bonds is 9. The topological polar surface area (TPSA) is 240 Å². The average Bonchev–Trinajstić information content (AvgIpc) is 2.50. The van der Waals surface area contributed by atoms with Crippen LogP contribution in [0.1, 0.15) is 0 Å². The summed E-state index contributed by atoms with van der Waals surface area (Å²) in [5.41, 5.74) is 27.9. The highest BCUT2D eigenvalue weighted by Crippen LogP contribution is 1.77. The molecule has 0 aliphatic carbocycles. The van der Waals surface area contributed by atoms with Crippen LogP contribution in [0.3, 0.4) is 0 Å². The predicted octanol–water partition coefficient (Wildman–Crippen LogP) is 1.19. The van der Waals surface area contributed by atoms with Crippen molar-refractivity contribution in [2.75, 3.05) is 39.5 Å². The lowest BCUT2D eigenvalue weighted by Gasteiger charge is -1.87. The Balaban J connectivity index is -0.000000242. The number of azide groups is 3. The van der Waals surface area contributed by atoms with Crippen molar-refractivity contribution >= 4 is 0 Å². The largest absolute Gasteiger partial charge is 0.433 e. The van der Waals surface area contributed by atoms with E-state index in [0.717, 1.165) is 0 Å². The zero-order chi connectivity index (χ0) is 16.6. The molecule has 15 nitrogen and oxygen atoms in total. The lowest BCUT2D eigenvalue weighted by Crippen LogP contribution is -2.04. The van der Waals surface area contributed by atoms with Crippen molar-refractivity contribution in [2.45, 2.75) is 0 Å². The van der Waals surface area contributed by atoms with Crippen molar-refractivity contribution < 1.29 is 24.9 Å². The molecule has 0 saturated carbocycles. The molecule has 0 rings (SSSR count). The van der Waals surface area contributed by atoms with Gasteiger partial charge in [-0.1, -0.05) is 5.11 Å². The molecule has 120 valence electrons. The normalized spacial score (nSPS) is 7.19. The second-order valence-corrected chi connectivity index (χ2v) is 2.31. The Morgan fingerprint density at radius 3 is 1.86 bits per heavy atom. The monoisotopic (exact) mass is 308 g/mol. The first kappa shape index (κ1) is 23.5. The molecule has 0 fully saturated rings. The molecule has 0 aromatic heterocycles. The van der Waals surface area contributed by atoms with Crippen molar-refractivity contribution in [3.8, 4) is 0 Å². The smallest absolute Gasteiger partial charge is 0.111 e. The molecule has 0 saturated heterocycles. The number of aliphatic hydroxyl groups excluding tert-OH is 1. The molecule has 0 aliphatic heterocycles. The second kappa shape index (κ2) is 30.4. The molecule has 0 heterocycles. The molecule has 15 heteroatoms. The van der Waals surface area contributed by atoms with Gasteiger partial charge in [-0.15, -0.1) is 0 Å². The van der Waals surface area contributed by atoms with Crippen LogP contribution >= 0.6 is 0 Å². The van der Waals surface area contributed by atoms with E-state index in [9.17, 15) is 0 Å². The molecule has 0 aromatic rings. The van der Waals surface area contributed by atoms with Gasteiger partial charge in [0.05, 0.1) is 13.2 Å². The molecule has 0 spiro atoms. The summed E-state index contributed by atoms with van der Waals surface area (Å²) >= 11 is 0. The third-order valence-electron chi connectivity index (χ3n) is 0.926. The van der Waals surface area contributed by atoms with Gasteiger partial charge in [0, 0.05) is 21.3 Å². The van der Waals surface area contributed by atoms with Crippen molar-refractivity contribution in [3.63, 3.8) is 0 Å². The quantitative estimate of drug-likeness (QED) is 0.141. The van der Waals surface area contributed by atoms with E-state index >= 15 is 0 Å². The number of aliphatic hydroxyl groups is 1. The summed E-state index contributed by atoms with van der Waals surface area (Å²) in [4.78, 5) is 18.9. The zero-order valence-corrected chi connectivity index (χ0v) is 11.0. The molecule has 4 N–H and O–H groups in total. The maximum atomic E-state index is 7.78. The van der Waals surface area contributed by atoms with Gasteiger partial charge in [0.1, 0.15) is 30.4 Å². The van der Waals surface area contributed by atoms with Crippen LogP contribution in [0.5, 0.6) is 0 Å². The first-order valence-corrected chi connectivity index (χ1v) is 5.15. The SMILES string of the molecule is OCCOO.[N-]=[N+]=NCCON=[N+]=[N-].[N-]=[N+]=NOCCN. The maximum Gasteiger partial charge on any atom is 0.111 e. The van der Waals surface area contributed by atoms with Crippen molar-refractivity contribution in [1.29, 1.82) is 0 Å². The third kappa shape index (κ3) is 46.7. The molecule has 0 atom stereocenters. The fraction of sp³-hybridized carbons (Fsp3) is 1.00. The highest BCUT2D eigenvalue weighted by molar-refractivity contribution is 4.43. The molecule has 21 heavy (non-hydrogen) atoms. The molecule has 0 unspecified atom stereocenters. The van der Waals surface area contributed by atoms with Crippen molar-refractivity contribution in [3.05, 3.63) is 31.3 Å². The van der Waals surface area contributed by atoms with Crippen LogP contribution in [-0.2, 0) is 14.6 Å². The van der Waals surface area contributed by atoms with Crippen molar-refractivity contribution in [2.24, 2.45) is 21.4 Å². The van der Waals surface area contributed by atoms with Crippen LogP contribution in [0, 0.1) is 0 Å². The summed E-state index contributed by atoms with van der Waals surface area (Å²) in [5.74, 6) is 0. The van der Waals surface area contributed by atoms with E-state index in [1.807, 2.05) is 0 Å². The number of hydrogen-bond donors (Lipinski definition) is 3. The first-order valence-electron chi connectivity index (χ1n) is 5.15. The Morgan fingerprint density at radius 1 is 0.952 bits per heavy atom. The lowest BCUT2D eigenvalue weighted by atomic mass is 10.7. The van der Waals surface area contributed by atoms with Gasteiger partial charge >= 0.3 is 0 Å². The van der Waals surface area contributed by atoms with Gasteiger partial charge in [0.2, 0.25) is 0 Å². The highest BCUT2D eigenvalue weighted by Gasteiger charge is 1.77. The van der Waals surface area contributed by atoms with Crippen LogP contribution in [0.4, 0.5) is 0 Å². The molecule has 0 radical (unpaired) electrons. The standard InChI is InChI=1S/C2H4N6O.C2H6N4O.C2H6O3/c3-6-5-1-2-9-8-7-4;3-1-2-7-6-5-4;3-1-2-5-4/h1-2H2;1-3H2;3-4H,1-2H2. The maximum absolute atomic E-state index is 7.78. The summed E-state index contributed by atoms with van der Waals surface area (Å²) in [7, 11) is 0. The number of nitrogens with zero attached hydrogens (tertiary/aromatic N) is 9. The molecular weight excluding hydrogens is 292 g/mol. The minimum atomic E-state index is -0.128. The first-order chi connectivity index (χ1) is 10.2. The predicted molar refractivity (Wildman–Crippen MR) is 68.9 cm³/mol. The minimum absolute atomic E-state index is 0. The van der Waals surface area contributed by atoms with Gasteiger partial charge in [0.25, 0.3) is 0 Å². The highest BCUT2D eigenvalue weighted by atomic mass is 17.1. The minimum Gasteiger partial charge on any atom is -0.433 e. The van der Waals surface area contributed by atoms with E-state index in [1.54, 1.807) is 0 Å². The molecular formula is C6H16N10O5. The molecule has 0 aliphatic rings. The Morgan fingerprint density at radius 2 is 1.52 bits per heavy atom. The van der Waals surface area contributed by atoms with Gasteiger partial charge < -0.3 is 20.5 Å². The fourth-order valence-electron chi connectivity index (χ4n) is 0.353. The number of nitrogens with two attached hydrogens (primary N) is 1. The molecule has 0 amide bonds. The second-order valence-electron chi connectivity index (χ2n) is 2.31. The number of hydrogen-bond acceptors (Lipinski definition) is 9. The summed E-state index contributed by atoms with van der Waals surface area (Å²) < 4.78 is 0. The van der Waals surface area contributed by atoms with Gasteiger partial charge in [0.15, 0.2) is 0 Å². The van der Waals surface area contributed by atoms with Crippen LogP contribution < -0.4 is 5.73 Å². The Bertz CT molecular complexity index is 315. The van der Waals surface area contributed by atoms with Crippen LogP contribution in [0.25, 0.3) is 31.3 Å². The summed E-state index contributed by atoms with van der Waals surface area (Å²) in [6, 6.07) is 0. The lowest BCUT2D eigenvalue weighted by molar-refractivity contribution is -0.246. The van der Waals surface area contributed by atoms with Gasteiger partial charge in [-0.3, -0.25) is 5.26 Å². The van der Waals surface area contributed by atoms with E-state index in [0.29, 0.717) is 6.54 Å².